The third kappa shape index (κ3) is 2.46. The monoisotopic (exact) mass is 267 g/mol. The molecule has 3 aliphatic heterocycles. The van der Waals surface area contributed by atoms with Crippen LogP contribution in [-0.4, -0.2) is 49.2 Å². The van der Waals surface area contributed by atoms with Crippen molar-refractivity contribution in [3.8, 4) is 0 Å². The number of aliphatic imine (C=N–C) groups is 1. The van der Waals surface area contributed by atoms with Gasteiger partial charge in [0.2, 0.25) is 5.91 Å². The SMILES string of the molecule is O=C(NN1CCOCC1)C1CSC2=CN=CCC21. The molecule has 0 aromatic carbocycles. The van der Waals surface area contributed by atoms with Gasteiger partial charge < -0.3 is 4.74 Å². The molecule has 1 amide bonds. The van der Waals surface area contributed by atoms with Crippen molar-refractivity contribution in [1.29, 1.82) is 0 Å². The van der Waals surface area contributed by atoms with Crippen LogP contribution in [0, 0.1) is 11.8 Å². The second kappa shape index (κ2) is 5.42. The van der Waals surface area contributed by atoms with E-state index in [1.54, 1.807) is 11.8 Å². The topological polar surface area (TPSA) is 53.9 Å². The number of nitrogens with one attached hydrogen (secondary N) is 1. The van der Waals surface area contributed by atoms with Crippen LogP contribution in [0.1, 0.15) is 6.42 Å². The molecule has 2 fully saturated rings. The van der Waals surface area contributed by atoms with E-state index in [1.807, 2.05) is 17.4 Å². The molecule has 3 rings (SSSR count). The summed E-state index contributed by atoms with van der Waals surface area (Å²) in [7, 11) is 0. The number of fused-ring (bicyclic) bond motifs is 1. The number of hydrazine groups is 1. The van der Waals surface area contributed by atoms with Gasteiger partial charge in [-0.15, -0.1) is 11.8 Å². The van der Waals surface area contributed by atoms with Crippen molar-refractivity contribution < 1.29 is 9.53 Å². The first-order valence-electron chi connectivity index (χ1n) is 6.32. The van der Waals surface area contributed by atoms with E-state index in [9.17, 15) is 4.79 Å². The third-order valence-corrected chi connectivity index (χ3v) is 4.83. The van der Waals surface area contributed by atoms with Gasteiger partial charge in [-0.3, -0.25) is 15.2 Å². The maximum absolute atomic E-state index is 12.3. The molecule has 1 N–H and O–H groups in total. The van der Waals surface area contributed by atoms with Crippen molar-refractivity contribution >= 4 is 23.9 Å². The van der Waals surface area contributed by atoms with E-state index in [0.29, 0.717) is 19.1 Å². The number of hydrogen-bond donors (Lipinski definition) is 1. The minimum atomic E-state index is 0.0795. The Kier molecular flexibility index (Phi) is 3.67. The summed E-state index contributed by atoms with van der Waals surface area (Å²) in [5.74, 6) is 1.44. The predicted molar refractivity (Wildman–Crippen MR) is 71.2 cm³/mol. The van der Waals surface area contributed by atoms with E-state index in [4.69, 9.17) is 4.74 Å². The fourth-order valence-electron chi connectivity index (χ4n) is 2.49. The van der Waals surface area contributed by atoms with E-state index in [2.05, 4.69) is 10.4 Å². The molecule has 0 aliphatic carbocycles. The van der Waals surface area contributed by atoms with E-state index in [0.717, 1.165) is 25.3 Å². The number of morpholine rings is 1. The summed E-state index contributed by atoms with van der Waals surface area (Å²) in [4.78, 5) is 17.7. The summed E-state index contributed by atoms with van der Waals surface area (Å²) >= 11 is 1.77. The second-order valence-corrected chi connectivity index (χ2v) is 5.79. The molecule has 5 nitrogen and oxygen atoms in total. The van der Waals surface area contributed by atoms with Crippen molar-refractivity contribution in [2.24, 2.45) is 16.8 Å². The number of rotatable bonds is 2. The number of hydrogen-bond acceptors (Lipinski definition) is 5. The highest BCUT2D eigenvalue weighted by atomic mass is 32.2. The van der Waals surface area contributed by atoms with Crippen molar-refractivity contribution in [2.75, 3.05) is 32.1 Å². The average molecular weight is 267 g/mol. The number of allylic oxidation sites excluding steroid dienone is 1. The Morgan fingerprint density at radius 1 is 1.50 bits per heavy atom. The molecule has 0 spiro atoms. The van der Waals surface area contributed by atoms with Gasteiger partial charge in [0.05, 0.1) is 19.1 Å². The molecule has 0 saturated carbocycles. The van der Waals surface area contributed by atoms with E-state index < -0.39 is 0 Å². The quantitative estimate of drug-likeness (QED) is 0.798. The van der Waals surface area contributed by atoms with Crippen LogP contribution >= 0.6 is 11.8 Å². The third-order valence-electron chi connectivity index (χ3n) is 3.56. The van der Waals surface area contributed by atoms with E-state index >= 15 is 0 Å². The molecule has 2 atom stereocenters. The van der Waals surface area contributed by atoms with Gasteiger partial charge >= 0.3 is 0 Å². The standard InChI is InChI=1S/C12H17N3O2S/c16-12(14-15-3-5-17-6-4-15)10-8-18-11-7-13-2-1-9(10)11/h2,7,9-10H,1,3-6,8H2,(H,14,16). The van der Waals surface area contributed by atoms with E-state index in [-0.39, 0.29) is 11.8 Å². The molecular weight excluding hydrogens is 250 g/mol. The lowest BCUT2D eigenvalue weighted by Gasteiger charge is -2.29. The summed E-state index contributed by atoms with van der Waals surface area (Å²) in [6.07, 6.45) is 4.70. The zero-order chi connectivity index (χ0) is 12.4. The van der Waals surface area contributed by atoms with Crippen LogP contribution in [0.3, 0.4) is 0 Å². The van der Waals surface area contributed by atoms with Gasteiger partial charge in [-0.1, -0.05) is 0 Å². The normalized spacial score (nSPS) is 31.9. The lowest BCUT2D eigenvalue weighted by molar-refractivity contribution is -0.132. The number of nitrogens with zero attached hydrogens (tertiary/aromatic N) is 2. The molecule has 3 heterocycles. The minimum absolute atomic E-state index is 0.0795. The summed E-state index contributed by atoms with van der Waals surface area (Å²) in [5, 5.41) is 1.97. The Morgan fingerprint density at radius 2 is 2.33 bits per heavy atom. The first-order valence-corrected chi connectivity index (χ1v) is 7.31. The average Bonchev–Trinajstić information content (AvgIpc) is 2.84. The van der Waals surface area contributed by atoms with Gasteiger partial charge in [0.25, 0.3) is 0 Å². The summed E-state index contributed by atoms with van der Waals surface area (Å²) in [6, 6.07) is 0. The fraction of sp³-hybridized carbons (Fsp3) is 0.667. The van der Waals surface area contributed by atoms with Crippen molar-refractivity contribution in [3.63, 3.8) is 0 Å². The highest BCUT2D eigenvalue weighted by Crippen LogP contribution is 2.43. The zero-order valence-electron chi connectivity index (χ0n) is 10.2. The molecule has 6 heteroatoms. The van der Waals surface area contributed by atoms with Crippen molar-refractivity contribution in [2.45, 2.75) is 6.42 Å². The van der Waals surface area contributed by atoms with Crippen LogP contribution in [0.4, 0.5) is 0 Å². The highest BCUT2D eigenvalue weighted by Gasteiger charge is 2.38. The Hall–Kier alpha value is -0.850. The molecule has 98 valence electrons. The number of amides is 1. The molecule has 0 aromatic rings. The molecule has 2 unspecified atom stereocenters. The first-order chi connectivity index (χ1) is 8.84. The summed E-state index contributed by atoms with van der Waals surface area (Å²) < 4.78 is 5.27. The minimum Gasteiger partial charge on any atom is -0.379 e. The zero-order valence-corrected chi connectivity index (χ0v) is 11.0. The summed E-state index contributed by atoms with van der Waals surface area (Å²) in [6.45, 7) is 2.95. The maximum Gasteiger partial charge on any atom is 0.238 e. The molecule has 18 heavy (non-hydrogen) atoms. The molecular formula is C12H17N3O2S. The van der Waals surface area contributed by atoms with Gasteiger partial charge in [-0.2, -0.15) is 0 Å². The van der Waals surface area contributed by atoms with Crippen molar-refractivity contribution in [1.82, 2.24) is 10.4 Å². The van der Waals surface area contributed by atoms with Gasteiger partial charge in [-0.25, -0.2) is 5.01 Å². The number of ether oxygens (including phenoxy) is 1. The second-order valence-electron chi connectivity index (χ2n) is 4.70. The van der Waals surface area contributed by atoms with E-state index in [1.165, 1.54) is 4.91 Å². The number of carbonyl (C=O) groups excluding carboxylic acids is 1. The molecule has 0 aromatic heterocycles. The van der Waals surface area contributed by atoms with Crippen LogP contribution in [0.5, 0.6) is 0 Å². The maximum atomic E-state index is 12.3. The Bertz CT molecular complexity index is 391. The Balaban J connectivity index is 1.59. The van der Waals surface area contributed by atoms with Crippen LogP contribution < -0.4 is 5.43 Å². The molecule has 0 radical (unpaired) electrons. The Morgan fingerprint density at radius 3 is 3.17 bits per heavy atom. The van der Waals surface area contributed by atoms with Crippen LogP contribution in [0.2, 0.25) is 0 Å². The number of thioether (sulfide) groups is 1. The lowest BCUT2D eigenvalue weighted by Crippen LogP contribution is -2.51. The van der Waals surface area contributed by atoms with Gasteiger partial charge in [0.15, 0.2) is 0 Å². The smallest absolute Gasteiger partial charge is 0.238 e. The lowest BCUT2D eigenvalue weighted by atomic mass is 9.90. The van der Waals surface area contributed by atoms with Crippen molar-refractivity contribution in [3.05, 3.63) is 11.1 Å². The summed E-state index contributed by atoms with van der Waals surface area (Å²) in [5.41, 5.74) is 3.02. The number of carbonyl (C=O) groups is 1. The van der Waals surface area contributed by atoms with Crippen LogP contribution in [0.25, 0.3) is 0 Å². The van der Waals surface area contributed by atoms with Gasteiger partial charge in [0, 0.05) is 42.1 Å². The predicted octanol–water partition coefficient (Wildman–Crippen LogP) is 0.645. The first kappa shape index (κ1) is 12.2. The highest BCUT2D eigenvalue weighted by molar-refractivity contribution is 8.03. The fourth-order valence-corrected chi connectivity index (χ4v) is 3.86. The molecule has 2 saturated heterocycles. The Labute approximate surface area is 111 Å². The largest absolute Gasteiger partial charge is 0.379 e. The molecule has 0 bridgehead atoms. The van der Waals surface area contributed by atoms with Gasteiger partial charge in [-0.05, 0) is 6.42 Å². The molecule has 3 aliphatic rings. The van der Waals surface area contributed by atoms with Gasteiger partial charge in [0.1, 0.15) is 0 Å². The van der Waals surface area contributed by atoms with Crippen LogP contribution in [-0.2, 0) is 9.53 Å². The van der Waals surface area contributed by atoms with Crippen LogP contribution in [0.15, 0.2) is 16.1 Å².